The minimum atomic E-state index is 0.141. The number of nitrogens with zero attached hydrogens (tertiary/aromatic N) is 1. The zero-order valence-corrected chi connectivity index (χ0v) is 13.1. The van der Waals surface area contributed by atoms with Gasteiger partial charge in [0.1, 0.15) is 9.34 Å². The number of nitrogens with one attached hydrogen (secondary N) is 1. The van der Waals surface area contributed by atoms with E-state index in [1.54, 1.807) is 6.20 Å². The Labute approximate surface area is 123 Å². The molecule has 0 radical (unpaired) electrons. The first kappa shape index (κ1) is 14.5. The molecule has 102 valence electrons. The van der Waals surface area contributed by atoms with Gasteiger partial charge in [0.05, 0.1) is 6.20 Å². The summed E-state index contributed by atoms with van der Waals surface area (Å²) in [6, 6.07) is 10.8. The van der Waals surface area contributed by atoms with Gasteiger partial charge in [0.25, 0.3) is 0 Å². The highest BCUT2D eigenvalue weighted by molar-refractivity contribution is 7.15. The first-order valence-electron chi connectivity index (χ1n) is 6.35. The van der Waals surface area contributed by atoms with Gasteiger partial charge in [-0.15, -0.1) is 11.3 Å². The summed E-state index contributed by atoms with van der Waals surface area (Å²) < 4.78 is 0.740. The SMILES string of the molecule is CC(C)(C)C(NCc1ncc(Cl)s1)c1ccccc1. The molecule has 0 bridgehead atoms. The quantitative estimate of drug-likeness (QED) is 0.886. The van der Waals surface area contributed by atoms with E-state index in [4.69, 9.17) is 11.6 Å². The molecule has 0 fully saturated rings. The minimum Gasteiger partial charge on any atom is -0.303 e. The Morgan fingerprint density at radius 1 is 1.26 bits per heavy atom. The van der Waals surface area contributed by atoms with Gasteiger partial charge >= 0.3 is 0 Å². The molecule has 19 heavy (non-hydrogen) atoms. The van der Waals surface area contributed by atoms with Crippen LogP contribution in [0, 0.1) is 5.41 Å². The summed E-state index contributed by atoms with van der Waals surface area (Å²) in [5.74, 6) is 0. The molecule has 0 saturated carbocycles. The van der Waals surface area contributed by atoms with Crippen molar-refractivity contribution < 1.29 is 0 Å². The van der Waals surface area contributed by atoms with E-state index in [1.165, 1.54) is 16.9 Å². The summed E-state index contributed by atoms with van der Waals surface area (Å²) >= 11 is 7.44. The van der Waals surface area contributed by atoms with E-state index in [0.29, 0.717) is 0 Å². The summed E-state index contributed by atoms with van der Waals surface area (Å²) in [5, 5.41) is 4.62. The zero-order valence-electron chi connectivity index (χ0n) is 11.5. The standard InChI is InChI=1S/C15H19ClN2S/c1-15(2,3)14(11-7-5-4-6-8-11)18-10-13-17-9-12(16)19-13/h4-9,14,18H,10H2,1-3H3. The van der Waals surface area contributed by atoms with Gasteiger partial charge in [-0.2, -0.15) is 0 Å². The molecule has 0 spiro atoms. The molecule has 1 N–H and O–H groups in total. The van der Waals surface area contributed by atoms with Crippen molar-refractivity contribution in [2.45, 2.75) is 33.4 Å². The maximum atomic E-state index is 5.91. The first-order chi connectivity index (χ1) is 8.97. The largest absolute Gasteiger partial charge is 0.303 e. The third kappa shape index (κ3) is 4.03. The summed E-state index contributed by atoms with van der Waals surface area (Å²) in [5.41, 5.74) is 1.44. The normalized spacial score (nSPS) is 13.5. The molecule has 1 aromatic heterocycles. The molecule has 2 rings (SSSR count). The highest BCUT2D eigenvalue weighted by atomic mass is 35.5. The molecule has 0 amide bonds. The van der Waals surface area contributed by atoms with Crippen LogP contribution in [0.2, 0.25) is 4.34 Å². The van der Waals surface area contributed by atoms with Gasteiger partial charge in [-0.3, -0.25) is 0 Å². The van der Waals surface area contributed by atoms with Crippen molar-refractivity contribution in [2.75, 3.05) is 0 Å². The summed E-state index contributed by atoms with van der Waals surface area (Å²) in [6.45, 7) is 7.47. The van der Waals surface area contributed by atoms with Gasteiger partial charge in [-0.25, -0.2) is 4.98 Å². The minimum absolute atomic E-state index is 0.141. The van der Waals surface area contributed by atoms with Crippen molar-refractivity contribution in [3.8, 4) is 0 Å². The zero-order chi connectivity index (χ0) is 13.9. The van der Waals surface area contributed by atoms with Crippen molar-refractivity contribution in [2.24, 2.45) is 5.41 Å². The van der Waals surface area contributed by atoms with Crippen LogP contribution in [0.5, 0.6) is 0 Å². The fraction of sp³-hybridized carbons (Fsp3) is 0.400. The number of rotatable bonds is 4. The maximum absolute atomic E-state index is 5.91. The molecular weight excluding hydrogens is 276 g/mol. The molecule has 1 aromatic carbocycles. The van der Waals surface area contributed by atoms with E-state index < -0.39 is 0 Å². The van der Waals surface area contributed by atoms with Crippen LogP contribution in [0.3, 0.4) is 0 Å². The second kappa shape index (κ2) is 6.04. The van der Waals surface area contributed by atoms with E-state index in [2.05, 4.69) is 55.3 Å². The molecule has 1 unspecified atom stereocenters. The molecule has 0 saturated heterocycles. The van der Waals surface area contributed by atoms with Crippen molar-refractivity contribution in [3.05, 3.63) is 51.4 Å². The fourth-order valence-electron chi connectivity index (χ4n) is 2.13. The van der Waals surface area contributed by atoms with E-state index in [9.17, 15) is 0 Å². The smallest absolute Gasteiger partial charge is 0.113 e. The molecule has 0 aliphatic heterocycles. The third-order valence-electron chi connectivity index (χ3n) is 2.98. The lowest BCUT2D eigenvalue weighted by molar-refractivity contribution is 0.271. The second-order valence-electron chi connectivity index (χ2n) is 5.65. The van der Waals surface area contributed by atoms with Crippen molar-refractivity contribution in [3.63, 3.8) is 0 Å². The maximum Gasteiger partial charge on any atom is 0.113 e. The van der Waals surface area contributed by atoms with Gasteiger partial charge in [0.2, 0.25) is 0 Å². The Morgan fingerprint density at radius 3 is 2.47 bits per heavy atom. The van der Waals surface area contributed by atoms with Crippen LogP contribution >= 0.6 is 22.9 Å². The van der Waals surface area contributed by atoms with Crippen molar-refractivity contribution in [1.29, 1.82) is 0 Å². The Morgan fingerprint density at radius 2 is 1.95 bits per heavy atom. The number of aromatic nitrogens is 1. The van der Waals surface area contributed by atoms with Crippen LogP contribution in [0.15, 0.2) is 36.5 Å². The number of thiazole rings is 1. The van der Waals surface area contributed by atoms with Gasteiger partial charge in [-0.1, -0.05) is 62.7 Å². The monoisotopic (exact) mass is 294 g/mol. The number of hydrogen-bond acceptors (Lipinski definition) is 3. The third-order valence-corrected chi connectivity index (χ3v) is 4.10. The Kier molecular flexibility index (Phi) is 4.61. The lowest BCUT2D eigenvalue weighted by Gasteiger charge is -2.32. The van der Waals surface area contributed by atoms with Crippen molar-refractivity contribution in [1.82, 2.24) is 10.3 Å². The molecule has 2 nitrogen and oxygen atoms in total. The van der Waals surface area contributed by atoms with Crippen LogP contribution < -0.4 is 5.32 Å². The van der Waals surface area contributed by atoms with E-state index in [0.717, 1.165) is 15.9 Å². The molecular formula is C15H19ClN2S. The summed E-state index contributed by atoms with van der Waals surface area (Å²) in [4.78, 5) is 4.29. The highest BCUT2D eigenvalue weighted by Crippen LogP contribution is 2.33. The summed E-state index contributed by atoms with van der Waals surface area (Å²) in [7, 11) is 0. The summed E-state index contributed by atoms with van der Waals surface area (Å²) in [6.07, 6.45) is 1.71. The Hall–Kier alpha value is -0.900. The first-order valence-corrected chi connectivity index (χ1v) is 7.55. The predicted octanol–water partition coefficient (Wildman–Crippen LogP) is 4.67. The average Bonchev–Trinajstić information content (AvgIpc) is 2.75. The van der Waals surface area contributed by atoms with Crippen LogP contribution in [0.25, 0.3) is 0 Å². The average molecular weight is 295 g/mol. The number of hydrogen-bond donors (Lipinski definition) is 1. The molecule has 1 atom stereocenters. The van der Waals surface area contributed by atoms with Crippen LogP contribution in [-0.4, -0.2) is 4.98 Å². The molecule has 2 aromatic rings. The second-order valence-corrected chi connectivity index (χ2v) is 7.40. The lowest BCUT2D eigenvalue weighted by atomic mass is 9.82. The number of benzene rings is 1. The van der Waals surface area contributed by atoms with Crippen LogP contribution in [-0.2, 0) is 6.54 Å². The highest BCUT2D eigenvalue weighted by Gasteiger charge is 2.25. The van der Waals surface area contributed by atoms with Crippen LogP contribution in [0.4, 0.5) is 0 Å². The lowest BCUT2D eigenvalue weighted by Crippen LogP contribution is -2.31. The van der Waals surface area contributed by atoms with E-state index in [1.807, 2.05) is 6.07 Å². The topological polar surface area (TPSA) is 24.9 Å². The molecule has 0 aliphatic carbocycles. The Bertz CT molecular complexity index is 516. The fourth-order valence-corrected chi connectivity index (χ4v) is 3.04. The van der Waals surface area contributed by atoms with Crippen molar-refractivity contribution >= 4 is 22.9 Å². The van der Waals surface area contributed by atoms with Gasteiger partial charge in [0.15, 0.2) is 0 Å². The number of halogens is 1. The van der Waals surface area contributed by atoms with Gasteiger partial charge in [-0.05, 0) is 11.0 Å². The van der Waals surface area contributed by atoms with E-state index in [-0.39, 0.29) is 11.5 Å². The Balaban J connectivity index is 2.11. The van der Waals surface area contributed by atoms with Gasteiger partial charge in [0, 0.05) is 12.6 Å². The molecule has 4 heteroatoms. The van der Waals surface area contributed by atoms with Gasteiger partial charge < -0.3 is 5.32 Å². The molecule has 0 aliphatic rings. The predicted molar refractivity (Wildman–Crippen MR) is 82.6 cm³/mol. The van der Waals surface area contributed by atoms with Crippen LogP contribution in [0.1, 0.15) is 37.4 Å². The van der Waals surface area contributed by atoms with E-state index >= 15 is 0 Å². The molecule has 1 heterocycles.